The Balaban J connectivity index is 2.18. The van der Waals surface area contributed by atoms with E-state index in [4.69, 9.17) is 0 Å². The number of aromatic nitrogens is 1. The number of H-pyrrole nitrogens is 1. The van der Waals surface area contributed by atoms with Crippen molar-refractivity contribution in [2.45, 2.75) is 51.7 Å². The van der Waals surface area contributed by atoms with Gasteiger partial charge in [0.15, 0.2) is 0 Å². The third-order valence-electron chi connectivity index (χ3n) is 3.64. The number of aliphatic hydroxyl groups excluding tert-OH is 1. The van der Waals surface area contributed by atoms with Gasteiger partial charge in [-0.2, -0.15) is 0 Å². The van der Waals surface area contributed by atoms with Crippen LogP contribution in [0.5, 0.6) is 0 Å². The number of hydrogen-bond donors (Lipinski definition) is 3. The summed E-state index contributed by atoms with van der Waals surface area (Å²) in [5.74, 6) is -0.398. The Morgan fingerprint density at radius 1 is 1.37 bits per heavy atom. The average molecular weight is 264 g/mol. The van der Waals surface area contributed by atoms with E-state index >= 15 is 0 Å². The van der Waals surface area contributed by atoms with Crippen LogP contribution in [0.25, 0.3) is 0 Å². The van der Waals surface area contributed by atoms with E-state index in [9.17, 15) is 14.7 Å². The highest BCUT2D eigenvalue weighted by atomic mass is 16.3. The van der Waals surface area contributed by atoms with Crippen LogP contribution in [0, 0.1) is 13.8 Å². The lowest BCUT2D eigenvalue weighted by atomic mass is 9.92. The number of aryl methyl sites for hydroxylation is 2. The molecular formula is C14H20N2O3. The quantitative estimate of drug-likeness (QED) is 0.746. The predicted molar refractivity (Wildman–Crippen MR) is 72.3 cm³/mol. The minimum Gasteiger partial charge on any atom is -0.391 e. The van der Waals surface area contributed by atoms with E-state index in [-0.39, 0.29) is 17.2 Å². The van der Waals surface area contributed by atoms with Crippen molar-refractivity contribution < 1.29 is 9.90 Å². The first-order chi connectivity index (χ1) is 8.99. The Morgan fingerprint density at radius 3 is 2.68 bits per heavy atom. The molecule has 3 N–H and O–H groups in total. The number of aromatic amines is 1. The van der Waals surface area contributed by atoms with Gasteiger partial charge in [-0.05, 0) is 38.3 Å². The van der Waals surface area contributed by atoms with Crippen LogP contribution >= 0.6 is 0 Å². The topological polar surface area (TPSA) is 82.2 Å². The number of aliphatic hydroxyl groups is 1. The second-order valence-electron chi connectivity index (χ2n) is 5.27. The zero-order valence-corrected chi connectivity index (χ0v) is 11.3. The molecule has 1 saturated carbocycles. The number of carbonyl (C=O) groups excluding carboxylic acids is 1. The number of carbonyl (C=O) groups is 1. The normalized spacial score (nSPS) is 23.1. The minimum atomic E-state index is -0.512. The van der Waals surface area contributed by atoms with Crippen molar-refractivity contribution in [3.63, 3.8) is 0 Å². The van der Waals surface area contributed by atoms with Crippen molar-refractivity contribution in [3.8, 4) is 0 Å². The molecular weight excluding hydrogens is 244 g/mol. The standard InChI is InChI=1S/C14H20N2O3/c1-8-7-9(2)15-13(18)12(8)14(19)16-10-5-3-4-6-11(10)17/h7,10-11,17H,3-6H2,1-2H3,(H,15,18)(H,16,19)/t10-,11-/m1/s1. The van der Waals surface area contributed by atoms with E-state index < -0.39 is 12.0 Å². The minimum absolute atomic E-state index is 0.142. The molecule has 0 spiro atoms. The molecule has 0 unspecified atom stereocenters. The fourth-order valence-electron chi connectivity index (χ4n) is 2.66. The lowest BCUT2D eigenvalue weighted by Gasteiger charge is -2.28. The molecule has 1 aliphatic rings. The highest BCUT2D eigenvalue weighted by Gasteiger charge is 2.26. The van der Waals surface area contributed by atoms with Gasteiger partial charge in [0.05, 0.1) is 12.1 Å². The second kappa shape index (κ2) is 5.57. The third kappa shape index (κ3) is 3.04. The molecule has 1 aliphatic carbocycles. The molecule has 1 heterocycles. The van der Waals surface area contributed by atoms with E-state index in [0.29, 0.717) is 12.0 Å². The maximum atomic E-state index is 12.2. The van der Waals surface area contributed by atoms with Gasteiger partial charge in [-0.3, -0.25) is 9.59 Å². The molecule has 1 amide bonds. The average Bonchev–Trinajstić information content (AvgIpc) is 2.30. The van der Waals surface area contributed by atoms with Gasteiger partial charge in [-0.15, -0.1) is 0 Å². The van der Waals surface area contributed by atoms with Gasteiger partial charge in [0, 0.05) is 5.69 Å². The van der Waals surface area contributed by atoms with Crippen LogP contribution < -0.4 is 10.9 Å². The Bertz CT molecular complexity index is 536. The van der Waals surface area contributed by atoms with Gasteiger partial charge in [-0.1, -0.05) is 12.8 Å². The molecule has 1 aromatic heterocycles. The van der Waals surface area contributed by atoms with Gasteiger partial charge in [-0.25, -0.2) is 0 Å². The van der Waals surface area contributed by atoms with Crippen LogP contribution in [-0.4, -0.2) is 28.1 Å². The summed E-state index contributed by atoms with van der Waals surface area (Å²) in [6.07, 6.45) is 2.93. The van der Waals surface area contributed by atoms with Crippen LogP contribution in [0.1, 0.15) is 47.3 Å². The molecule has 1 aromatic rings. The smallest absolute Gasteiger partial charge is 0.261 e. The largest absolute Gasteiger partial charge is 0.391 e. The highest BCUT2D eigenvalue weighted by molar-refractivity contribution is 5.95. The molecule has 19 heavy (non-hydrogen) atoms. The maximum absolute atomic E-state index is 12.2. The third-order valence-corrected chi connectivity index (χ3v) is 3.64. The van der Waals surface area contributed by atoms with E-state index in [1.54, 1.807) is 19.9 Å². The summed E-state index contributed by atoms with van der Waals surface area (Å²) < 4.78 is 0. The molecule has 0 saturated heterocycles. The molecule has 1 fully saturated rings. The molecule has 2 atom stereocenters. The van der Waals surface area contributed by atoms with E-state index in [1.807, 2.05) is 0 Å². The summed E-state index contributed by atoms with van der Waals surface area (Å²) in [5, 5.41) is 12.6. The fraction of sp³-hybridized carbons (Fsp3) is 0.571. The van der Waals surface area contributed by atoms with Crippen LogP contribution in [0.3, 0.4) is 0 Å². The monoisotopic (exact) mass is 264 g/mol. The Hall–Kier alpha value is -1.62. The molecule has 2 rings (SSSR count). The predicted octanol–water partition coefficient (Wildman–Crippen LogP) is 1.03. The van der Waals surface area contributed by atoms with Gasteiger partial charge < -0.3 is 15.4 Å². The van der Waals surface area contributed by atoms with Gasteiger partial charge in [0.25, 0.3) is 11.5 Å². The summed E-state index contributed by atoms with van der Waals surface area (Å²) in [5.41, 5.74) is 1.16. The van der Waals surface area contributed by atoms with Crippen LogP contribution in [0.4, 0.5) is 0 Å². The first-order valence-corrected chi connectivity index (χ1v) is 6.68. The second-order valence-corrected chi connectivity index (χ2v) is 5.27. The molecule has 5 heteroatoms. The summed E-state index contributed by atoms with van der Waals surface area (Å²) >= 11 is 0. The van der Waals surface area contributed by atoms with E-state index in [2.05, 4.69) is 10.3 Å². The Labute approximate surface area is 112 Å². The number of rotatable bonds is 2. The van der Waals surface area contributed by atoms with Crippen LogP contribution in [0.2, 0.25) is 0 Å². The number of nitrogens with one attached hydrogen (secondary N) is 2. The van der Waals surface area contributed by atoms with E-state index in [0.717, 1.165) is 25.0 Å². The van der Waals surface area contributed by atoms with Crippen LogP contribution in [-0.2, 0) is 0 Å². The number of pyridine rings is 1. The summed E-state index contributed by atoms with van der Waals surface area (Å²) in [6.45, 7) is 3.52. The number of amides is 1. The summed E-state index contributed by atoms with van der Waals surface area (Å²) in [7, 11) is 0. The van der Waals surface area contributed by atoms with E-state index in [1.165, 1.54) is 0 Å². The van der Waals surface area contributed by atoms with Crippen molar-refractivity contribution in [2.24, 2.45) is 0 Å². The zero-order chi connectivity index (χ0) is 14.0. The van der Waals surface area contributed by atoms with Crippen molar-refractivity contribution in [2.75, 3.05) is 0 Å². The lowest BCUT2D eigenvalue weighted by molar-refractivity contribution is 0.0715. The van der Waals surface area contributed by atoms with Gasteiger partial charge >= 0.3 is 0 Å². The molecule has 104 valence electrons. The molecule has 5 nitrogen and oxygen atoms in total. The molecule has 0 radical (unpaired) electrons. The zero-order valence-electron chi connectivity index (χ0n) is 11.3. The maximum Gasteiger partial charge on any atom is 0.261 e. The lowest BCUT2D eigenvalue weighted by Crippen LogP contribution is -2.46. The fourth-order valence-corrected chi connectivity index (χ4v) is 2.66. The SMILES string of the molecule is Cc1cc(C)c(C(=O)N[C@@H]2CCCC[C@H]2O)c(=O)[nH]1. The first-order valence-electron chi connectivity index (χ1n) is 6.68. The highest BCUT2D eigenvalue weighted by Crippen LogP contribution is 2.18. The Kier molecular flexibility index (Phi) is 4.04. The Morgan fingerprint density at radius 2 is 2.05 bits per heavy atom. The molecule has 0 aromatic carbocycles. The van der Waals surface area contributed by atoms with Gasteiger partial charge in [0.2, 0.25) is 0 Å². The molecule has 0 aliphatic heterocycles. The number of hydrogen-bond acceptors (Lipinski definition) is 3. The van der Waals surface area contributed by atoms with Crippen molar-refractivity contribution >= 4 is 5.91 Å². The van der Waals surface area contributed by atoms with Crippen LogP contribution in [0.15, 0.2) is 10.9 Å². The first kappa shape index (κ1) is 13.8. The van der Waals surface area contributed by atoms with Crippen molar-refractivity contribution in [1.82, 2.24) is 10.3 Å². The van der Waals surface area contributed by atoms with Crippen molar-refractivity contribution in [1.29, 1.82) is 0 Å². The summed E-state index contributed by atoms with van der Waals surface area (Å²) in [6, 6.07) is 1.52. The van der Waals surface area contributed by atoms with Crippen molar-refractivity contribution in [3.05, 3.63) is 33.2 Å². The summed E-state index contributed by atoms with van der Waals surface area (Å²) in [4.78, 5) is 26.6. The van der Waals surface area contributed by atoms with Gasteiger partial charge in [0.1, 0.15) is 5.56 Å². The molecule has 0 bridgehead atoms.